The fourth-order valence-corrected chi connectivity index (χ4v) is 2.35. The van der Waals surface area contributed by atoms with Gasteiger partial charge < -0.3 is 0 Å². The van der Waals surface area contributed by atoms with Gasteiger partial charge >= 0.3 is 0 Å². The number of aromatic nitrogens is 1. The summed E-state index contributed by atoms with van der Waals surface area (Å²) >= 11 is 3.01. The first-order valence-electron chi connectivity index (χ1n) is 3.07. The molecule has 0 fully saturated rings. The third-order valence-electron chi connectivity index (χ3n) is 1.26. The molecule has 0 amide bonds. The van der Waals surface area contributed by atoms with E-state index in [0.29, 0.717) is 0 Å². The molecule has 1 heterocycles. The first kappa shape index (κ1) is 9.63. The van der Waals surface area contributed by atoms with Crippen molar-refractivity contribution in [2.24, 2.45) is 5.14 Å². The maximum Gasteiger partial charge on any atom is 0.240 e. The van der Waals surface area contributed by atoms with Gasteiger partial charge in [0, 0.05) is 5.69 Å². The lowest BCUT2D eigenvalue weighted by Gasteiger charge is -2.00. The summed E-state index contributed by atoms with van der Waals surface area (Å²) in [7, 11) is -3.66. The van der Waals surface area contributed by atoms with Crippen molar-refractivity contribution in [3.05, 3.63) is 22.4 Å². The van der Waals surface area contributed by atoms with Crippen LogP contribution in [0.25, 0.3) is 0 Å². The highest BCUT2D eigenvalue weighted by atomic mass is 79.9. The van der Waals surface area contributed by atoms with E-state index in [1.54, 1.807) is 13.0 Å². The van der Waals surface area contributed by atoms with Crippen molar-refractivity contribution >= 4 is 26.0 Å². The van der Waals surface area contributed by atoms with Gasteiger partial charge in [0.15, 0.2) is 0 Å². The largest absolute Gasteiger partial charge is 0.245 e. The summed E-state index contributed by atoms with van der Waals surface area (Å²) in [4.78, 5) is 3.91. The van der Waals surface area contributed by atoms with Crippen LogP contribution in [0, 0.1) is 6.92 Å². The van der Waals surface area contributed by atoms with Gasteiger partial charge in [0.25, 0.3) is 0 Å². The van der Waals surface area contributed by atoms with E-state index in [0.717, 1.165) is 5.69 Å². The lowest BCUT2D eigenvalue weighted by Crippen LogP contribution is -2.13. The highest BCUT2D eigenvalue weighted by Gasteiger charge is 2.12. The maximum atomic E-state index is 10.9. The Labute approximate surface area is 79.0 Å². The number of rotatable bonds is 1. The molecule has 2 N–H and O–H groups in total. The van der Waals surface area contributed by atoms with E-state index in [2.05, 4.69) is 20.9 Å². The summed E-state index contributed by atoms with van der Waals surface area (Å²) in [6.07, 6.45) is 0. The summed E-state index contributed by atoms with van der Waals surface area (Å²) < 4.78 is 22.0. The molecule has 0 aromatic carbocycles. The summed E-state index contributed by atoms with van der Waals surface area (Å²) in [5.74, 6) is 0. The maximum absolute atomic E-state index is 10.9. The van der Waals surface area contributed by atoms with Crippen LogP contribution in [0.1, 0.15) is 5.69 Å². The van der Waals surface area contributed by atoms with Crippen molar-refractivity contribution < 1.29 is 8.42 Å². The zero-order valence-electron chi connectivity index (χ0n) is 6.28. The Balaban J connectivity index is 3.39. The molecule has 6 heteroatoms. The van der Waals surface area contributed by atoms with Gasteiger partial charge in [-0.15, -0.1) is 0 Å². The lowest BCUT2D eigenvalue weighted by molar-refractivity contribution is 0.596. The number of nitrogens with two attached hydrogens (primary N) is 1. The minimum Gasteiger partial charge on any atom is -0.245 e. The first-order valence-corrected chi connectivity index (χ1v) is 5.41. The van der Waals surface area contributed by atoms with E-state index >= 15 is 0 Å². The minimum absolute atomic E-state index is 0.00750. The molecule has 0 radical (unpaired) electrons. The Morgan fingerprint density at radius 1 is 1.50 bits per heavy atom. The Bertz CT molecular complexity index is 402. The van der Waals surface area contributed by atoms with Crippen LogP contribution in [-0.4, -0.2) is 13.4 Å². The molecule has 1 aromatic heterocycles. The monoisotopic (exact) mass is 250 g/mol. The van der Waals surface area contributed by atoms with Crippen molar-refractivity contribution in [3.8, 4) is 0 Å². The van der Waals surface area contributed by atoms with E-state index in [1.807, 2.05) is 0 Å². The Morgan fingerprint density at radius 3 is 2.50 bits per heavy atom. The van der Waals surface area contributed by atoms with Gasteiger partial charge in [0.05, 0.1) is 0 Å². The molecule has 12 heavy (non-hydrogen) atoms. The number of nitrogens with zero attached hydrogens (tertiary/aromatic N) is 1. The molecule has 0 aliphatic heterocycles. The summed E-state index contributed by atoms with van der Waals surface area (Å²) in [5, 5.41) is 4.91. The number of aryl methyl sites for hydroxylation is 1. The first-order chi connectivity index (χ1) is 5.41. The van der Waals surface area contributed by atoms with Gasteiger partial charge in [-0.1, -0.05) is 0 Å². The number of sulfonamides is 1. The zero-order valence-corrected chi connectivity index (χ0v) is 8.68. The average molecular weight is 251 g/mol. The molecule has 4 nitrogen and oxygen atoms in total. The van der Waals surface area contributed by atoms with Crippen molar-refractivity contribution in [3.63, 3.8) is 0 Å². The molecule has 0 aliphatic rings. The molecule has 1 rings (SSSR count). The predicted molar refractivity (Wildman–Crippen MR) is 48.0 cm³/mol. The van der Waals surface area contributed by atoms with E-state index in [9.17, 15) is 8.42 Å². The topological polar surface area (TPSA) is 73.1 Å². The molecule has 0 saturated heterocycles. The van der Waals surface area contributed by atoms with Crippen LogP contribution in [0.5, 0.6) is 0 Å². The standard InChI is InChI=1S/C6H7BrN2O2S/c1-4-2-3-5(6(7)9-4)12(8,10)11/h2-3H,1H3,(H2,8,10,11). The molecule has 0 aliphatic carbocycles. The van der Waals surface area contributed by atoms with Crippen LogP contribution in [0.15, 0.2) is 21.6 Å². The van der Waals surface area contributed by atoms with E-state index in [1.165, 1.54) is 6.07 Å². The second-order valence-electron chi connectivity index (χ2n) is 2.29. The van der Waals surface area contributed by atoms with Gasteiger partial charge in [-0.2, -0.15) is 0 Å². The quantitative estimate of drug-likeness (QED) is 0.750. The minimum atomic E-state index is -3.66. The number of primary sulfonamides is 1. The third kappa shape index (κ3) is 2.02. The van der Waals surface area contributed by atoms with E-state index in [4.69, 9.17) is 5.14 Å². The SMILES string of the molecule is Cc1ccc(S(N)(=O)=O)c(Br)n1. The zero-order chi connectivity index (χ0) is 9.35. The lowest BCUT2D eigenvalue weighted by atomic mass is 10.4. The second-order valence-corrected chi connectivity index (χ2v) is 4.57. The Morgan fingerprint density at radius 2 is 2.08 bits per heavy atom. The van der Waals surface area contributed by atoms with Crippen molar-refractivity contribution in [2.45, 2.75) is 11.8 Å². The highest BCUT2D eigenvalue weighted by Crippen LogP contribution is 2.17. The van der Waals surface area contributed by atoms with Crippen molar-refractivity contribution in [2.75, 3.05) is 0 Å². The number of hydrogen-bond acceptors (Lipinski definition) is 3. The van der Waals surface area contributed by atoms with Crippen LogP contribution in [0.4, 0.5) is 0 Å². The molecule has 0 unspecified atom stereocenters. The predicted octanol–water partition coefficient (Wildman–Crippen LogP) is 0.800. The van der Waals surface area contributed by atoms with Crippen LogP contribution < -0.4 is 5.14 Å². The molecule has 1 aromatic rings. The molecule has 0 bridgehead atoms. The number of pyridine rings is 1. The van der Waals surface area contributed by atoms with Crippen molar-refractivity contribution in [1.29, 1.82) is 0 Å². The Hall–Kier alpha value is -0.460. The van der Waals surface area contributed by atoms with E-state index < -0.39 is 10.0 Å². The second kappa shape index (κ2) is 3.12. The third-order valence-corrected chi connectivity index (χ3v) is 3.07. The van der Waals surface area contributed by atoms with Crippen LogP contribution in [-0.2, 0) is 10.0 Å². The number of halogens is 1. The molecule has 66 valence electrons. The molecule has 0 saturated carbocycles. The van der Waals surface area contributed by atoms with Crippen LogP contribution in [0.3, 0.4) is 0 Å². The highest BCUT2D eigenvalue weighted by molar-refractivity contribution is 9.10. The normalized spacial score (nSPS) is 11.6. The number of hydrogen-bond donors (Lipinski definition) is 1. The van der Waals surface area contributed by atoms with Crippen molar-refractivity contribution in [1.82, 2.24) is 4.98 Å². The molecular formula is C6H7BrN2O2S. The smallest absolute Gasteiger partial charge is 0.240 e. The van der Waals surface area contributed by atoms with Gasteiger partial charge in [0.1, 0.15) is 9.50 Å². The summed E-state index contributed by atoms with van der Waals surface area (Å²) in [5.41, 5.74) is 0.731. The van der Waals surface area contributed by atoms with Crippen LogP contribution >= 0.6 is 15.9 Å². The van der Waals surface area contributed by atoms with Gasteiger partial charge in [-0.25, -0.2) is 18.5 Å². The van der Waals surface area contributed by atoms with E-state index in [-0.39, 0.29) is 9.50 Å². The molecular weight excluding hydrogens is 244 g/mol. The Kier molecular flexibility index (Phi) is 2.50. The summed E-state index contributed by atoms with van der Waals surface area (Å²) in [6, 6.07) is 3.01. The fraction of sp³-hybridized carbons (Fsp3) is 0.167. The average Bonchev–Trinajstić information content (AvgIpc) is 1.83. The van der Waals surface area contributed by atoms with Gasteiger partial charge in [-0.05, 0) is 35.0 Å². The fourth-order valence-electron chi connectivity index (χ4n) is 0.724. The molecule has 0 spiro atoms. The van der Waals surface area contributed by atoms with Gasteiger partial charge in [0.2, 0.25) is 10.0 Å². The van der Waals surface area contributed by atoms with Crippen LogP contribution in [0.2, 0.25) is 0 Å². The molecule has 0 atom stereocenters. The summed E-state index contributed by atoms with van der Waals surface area (Å²) in [6.45, 7) is 1.76. The van der Waals surface area contributed by atoms with Gasteiger partial charge in [-0.3, -0.25) is 0 Å².